The standard InChI is InChI=1S/C16H16ClFNO2.C15H13ClFNO2.C14H11ClFNO3/c1-9-13(11-5-7-12(18)8-6-11)15(21-4)14(10(2)20)16(17)19(9)3;1-8-12(10-4-6-11(17)7-5-10)14(20)13(9(2)19)15(16)18(8)3;1-7-10(8-3-5-9(16)6-4-8)12(18)11(14(19)20)13(15)17(7)2/h5-8H,1-4H3;4-7H,1-3H3;3-6H,1-2H3,(H,19,20)/q+1;;. The van der Waals surface area contributed by atoms with Crippen LogP contribution in [0.1, 0.15) is 62.0 Å². The SMILES string of the molecule is CC(=O)c1c(Cl)n(C)c(C)c(-c2ccc(F)cc2)c1=O.COc1c(C(C)=O)c(Cl)[n+](C)c(C)c1-c1ccc(F)cc1.Cc1c(-c2ccc(F)cc2)c(=O)c(C(=O)O)c(Cl)n1C. The summed E-state index contributed by atoms with van der Waals surface area (Å²) in [5.74, 6) is -2.69. The van der Waals surface area contributed by atoms with Gasteiger partial charge in [0.1, 0.15) is 51.5 Å². The summed E-state index contributed by atoms with van der Waals surface area (Å²) in [6.07, 6.45) is 0. The molecule has 0 spiro atoms. The lowest BCUT2D eigenvalue weighted by Gasteiger charge is -2.15. The van der Waals surface area contributed by atoms with Crippen molar-refractivity contribution < 1.29 is 42.0 Å². The van der Waals surface area contributed by atoms with Crippen molar-refractivity contribution in [1.82, 2.24) is 9.13 Å². The Morgan fingerprint density at radius 2 is 0.934 bits per heavy atom. The second kappa shape index (κ2) is 19.6. The quantitative estimate of drug-likeness (QED) is 0.0961. The summed E-state index contributed by atoms with van der Waals surface area (Å²) in [5, 5.41) is 9.42. The van der Waals surface area contributed by atoms with Crippen molar-refractivity contribution in [2.45, 2.75) is 34.6 Å². The third-order valence-corrected chi connectivity index (χ3v) is 11.3. The maximum absolute atomic E-state index is 13.1. The van der Waals surface area contributed by atoms with Crippen LogP contribution in [0.15, 0.2) is 82.4 Å². The smallest absolute Gasteiger partial charge is 0.342 e. The molecule has 0 bridgehead atoms. The fraction of sp³-hybridized carbons (Fsp3) is 0.200. The van der Waals surface area contributed by atoms with Crippen molar-refractivity contribution in [3.05, 3.63) is 160 Å². The van der Waals surface area contributed by atoms with E-state index in [0.29, 0.717) is 44.5 Å². The fourth-order valence-electron chi connectivity index (χ4n) is 6.47. The molecule has 0 fully saturated rings. The molecule has 10 nitrogen and oxygen atoms in total. The van der Waals surface area contributed by atoms with E-state index in [9.17, 15) is 37.1 Å². The number of carboxylic acid groups (broad SMARTS) is 1. The molecule has 0 aliphatic rings. The van der Waals surface area contributed by atoms with E-state index in [2.05, 4.69) is 0 Å². The van der Waals surface area contributed by atoms with E-state index in [1.54, 1.807) is 56.3 Å². The van der Waals surface area contributed by atoms with Crippen LogP contribution in [0, 0.1) is 38.2 Å². The van der Waals surface area contributed by atoms with Gasteiger partial charge in [-0.3, -0.25) is 19.2 Å². The first-order valence-corrected chi connectivity index (χ1v) is 19.3. The van der Waals surface area contributed by atoms with Crippen LogP contribution in [-0.2, 0) is 21.1 Å². The van der Waals surface area contributed by atoms with Gasteiger partial charge in [-0.25, -0.2) is 18.0 Å². The van der Waals surface area contributed by atoms with E-state index in [4.69, 9.17) is 44.6 Å². The number of benzene rings is 3. The van der Waals surface area contributed by atoms with E-state index in [1.165, 1.54) is 86.2 Å². The Labute approximate surface area is 364 Å². The van der Waals surface area contributed by atoms with Crippen LogP contribution >= 0.6 is 34.8 Å². The third kappa shape index (κ3) is 9.80. The second-order valence-corrected chi connectivity index (χ2v) is 14.8. The maximum Gasteiger partial charge on any atom is 0.342 e. The van der Waals surface area contributed by atoms with Gasteiger partial charge >= 0.3 is 5.97 Å². The molecule has 3 aromatic carbocycles. The average Bonchev–Trinajstić information content (AvgIpc) is 3.20. The predicted octanol–water partition coefficient (Wildman–Crippen LogP) is 9.70. The van der Waals surface area contributed by atoms with Gasteiger partial charge in [0.05, 0.1) is 12.7 Å². The van der Waals surface area contributed by atoms with Gasteiger partial charge in [-0.2, -0.15) is 4.57 Å². The first-order valence-electron chi connectivity index (χ1n) is 18.1. The minimum absolute atomic E-state index is 0.0425. The summed E-state index contributed by atoms with van der Waals surface area (Å²) in [6.45, 7) is 7.99. The van der Waals surface area contributed by atoms with Gasteiger partial charge in [0.15, 0.2) is 23.0 Å². The number of halogens is 6. The monoisotopic (exact) mass is 896 g/mol. The van der Waals surface area contributed by atoms with E-state index < -0.39 is 28.2 Å². The summed E-state index contributed by atoms with van der Waals surface area (Å²) >= 11 is 18.2. The zero-order valence-electron chi connectivity index (χ0n) is 34.4. The molecule has 0 aliphatic heterocycles. The van der Waals surface area contributed by atoms with Crippen LogP contribution in [0.2, 0.25) is 15.5 Å². The van der Waals surface area contributed by atoms with E-state index in [1.807, 2.05) is 6.92 Å². The summed E-state index contributed by atoms with van der Waals surface area (Å²) in [4.78, 5) is 59.5. The van der Waals surface area contributed by atoms with Crippen molar-refractivity contribution in [1.29, 1.82) is 0 Å². The molecule has 6 aromatic rings. The van der Waals surface area contributed by atoms with Crippen molar-refractivity contribution in [3.8, 4) is 39.1 Å². The predicted molar refractivity (Wildman–Crippen MR) is 230 cm³/mol. The minimum atomic E-state index is -1.39. The number of carbonyl (C=O) groups is 3. The molecular formula is C45H40Cl3F3N3O7+. The number of carboxylic acids is 1. The number of pyridine rings is 3. The fourth-order valence-corrected chi connectivity index (χ4v) is 7.45. The summed E-state index contributed by atoms with van der Waals surface area (Å²) < 4.78 is 49.2. The lowest BCUT2D eigenvalue weighted by Crippen LogP contribution is -2.36. The molecule has 0 saturated heterocycles. The lowest BCUT2D eigenvalue weighted by atomic mass is 9.99. The molecule has 0 unspecified atom stereocenters. The van der Waals surface area contributed by atoms with Gasteiger partial charge in [0.2, 0.25) is 10.9 Å². The maximum atomic E-state index is 13.1. The molecule has 1 N–H and O–H groups in total. The van der Waals surface area contributed by atoms with Crippen LogP contribution in [0.3, 0.4) is 0 Å². The molecule has 61 heavy (non-hydrogen) atoms. The average molecular weight is 898 g/mol. The molecule has 16 heteroatoms. The number of nitrogens with zero attached hydrogens (tertiary/aromatic N) is 3. The summed E-state index contributed by atoms with van der Waals surface area (Å²) in [5.41, 5.74) is 3.72. The number of ketones is 2. The first kappa shape index (κ1) is 47.7. The summed E-state index contributed by atoms with van der Waals surface area (Å²) in [7, 11) is 6.51. The summed E-state index contributed by atoms with van der Waals surface area (Å²) in [6, 6.07) is 16.9. The number of Topliss-reactive ketones (excluding diaryl/α,β-unsaturated/α-hetero) is 2. The normalized spacial score (nSPS) is 10.6. The number of hydrogen-bond acceptors (Lipinski definition) is 6. The molecule has 3 heterocycles. The Balaban J connectivity index is 0.000000202. The number of aromatic nitrogens is 3. The molecule has 0 radical (unpaired) electrons. The number of hydrogen-bond donors (Lipinski definition) is 1. The van der Waals surface area contributed by atoms with Crippen LogP contribution < -0.4 is 20.2 Å². The van der Waals surface area contributed by atoms with Crippen LogP contribution in [-0.4, -0.2) is 38.9 Å². The van der Waals surface area contributed by atoms with Crippen LogP contribution in [0.5, 0.6) is 5.75 Å². The molecule has 0 aliphatic carbocycles. The highest BCUT2D eigenvalue weighted by atomic mass is 35.5. The first-order chi connectivity index (χ1) is 28.6. The van der Waals surface area contributed by atoms with Crippen LogP contribution in [0.4, 0.5) is 13.2 Å². The van der Waals surface area contributed by atoms with Crippen molar-refractivity contribution in [2.24, 2.45) is 21.1 Å². The molecular weight excluding hydrogens is 858 g/mol. The van der Waals surface area contributed by atoms with Gasteiger partial charge in [-0.1, -0.05) is 59.6 Å². The molecule has 0 amide bonds. The Bertz CT molecular complexity index is 2690. The number of carbonyl (C=O) groups excluding carboxylic acids is 2. The van der Waals surface area contributed by atoms with Crippen molar-refractivity contribution in [2.75, 3.05) is 7.11 Å². The highest BCUT2D eigenvalue weighted by Gasteiger charge is 2.30. The zero-order chi connectivity index (χ0) is 45.8. The van der Waals surface area contributed by atoms with E-state index in [-0.39, 0.29) is 44.6 Å². The van der Waals surface area contributed by atoms with Gasteiger partial charge < -0.3 is 19.0 Å². The number of aromatic carboxylic acids is 1. The van der Waals surface area contributed by atoms with Gasteiger partial charge in [0, 0.05) is 43.5 Å². The molecule has 6 rings (SSSR count). The Kier molecular flexibility index (Phi) is 15.3. The largest absolute Gasteiger partial charge is 0.495 e. The highest BCUT2D eigenvalue weighted by molar-refractivity contribution is 6.33. The van der Waals surface area contributed by atoms with Crippen molar-refractivity contribution >= 4 is 52.3 Å². The third-order valence-electron chi connectivity index (χ3n) is 9.98. The zero-order valence-corrected chi connectivity index (χ0v) is 36.7. The number of ether oxygens (including phenoxy) is 1. The molecule has 3 aromatic heterocycles. The van der Waals surface area contributed by atoms with Gasteiger partial charge in [-0.15, -0.1) is 0 Å². The van der Waals surface area contributed by atoms with Gasteiger partial charge in [-0.05, 0) is 92.4 Å². The number of rotatable bonds is 7. The Morgan fingerprint density at radius 1 is 0.607 bits per heavy atom. The number of methoxy groups -OCH3 is 1. The molecule has 318 valence electrons. The topological polar surface area (TPSA) is 129 Å². The second-order valence-electron chi connectivity index (χ2n) is 13.7. The van der Waals surface area contributed by atoms with Crippen molar-refractivity contribution in [3.63, 3.8) is 0 Å². The van der Waals surface area contributed by atoms with E-state index in [0.717, 1.165) is 16.8 Å². The molecule has 0 atom stereocenters. The van der Waals surface area contributed by atoms with Gasteiger partial charge in [0.25, 0.3) is 5.15 Å². The highest BCUT2D eigenvalue weighted by Crippen LogP contribution is 2.37. The lowest BCUT2D eigenvalue weighted by molar-refractivity contribution is -0.675. The Morgan fingerprint density at radius 3 is 1.26 bits per heavy atom. The van der Waals surface area contributed by atoms with E-state index >= 15 is 0 Å². The van der Waals surface area contributed by atoms with Crippen LogP contribution in [0.25, 0.3) is 33.4 Å². The minimum Gasteiger partial charge on any atom is -0.495 e. The molecule has 0 saturated carbocycles. The Hall–Kier alpha value is -6.02.